The minimum Gasteiger partial charge on any atom is -0.381 e. The topological polar surface area (TPSA) is 68.1 Å². The summed E-state index contributed by atoms with van der Waals surface area (Å²) in [5.41, 5.74) is 1.43. The van der Waals surface area contributed by atoms with E-state index in [1.807, 2.05) is 12.1 Å². The Labute approximate surface area is 118 Å². The van der Waals surface area contributed by atoms with Gasteiger partial charge >= 0.3 is 0 Å². The molecule has 1 aromatic heterocycles. The van der Waals surface area contributed by atoms with Gasteiger partial charge in [0.05, 0.1) is 4.92 Å². The molecule has 0 amide bonds. The Balaban J connectivity index is 2.51. The molecule has 1 heterocycles. The van der Waals surface area contributed by atoms with Crippen molar-refractivity contribution in [2.75, 3.05) is 5.32 Å². The molecule has 1 atom stereocenters. The van der Waals surface area contributed by atoms with Crippen molar-refractivity contribution >= 4 is 22.3 Å². The number of nitrogens with zero attached hydrogens (tertiary/aromatic N) is 2. The average molecular weight is 273 g/mol. The van der Waals surface area contributed by atoms with Crippen molar-refractivity contribution in [1.82, 2.24) is 4.98 Å². The first kappa shape index (κ1) is 14.2. The number of aromatic nitrogens is 1. The van der Waals surface area contributed by atoms with Crippen LogP contribution in [0.4, 0.5) is 11.4 Å². The van der Waals surface area contributed by atoms with Crippen LogP contribution in [0.15, 0.2) is 30.5 Å². The molecule has 1 unspecified atom stereocenters. The summed E-state index contributed by atoms with van der Waals surface area (Å²) in [5.74, 6) is 0. The van der Waals surface area contributed by atoms with Crippen LogP contribution in [0.5, 0.6) is 0 Å². The van der Waals surface area contributed by atoms with Gasteiger partial charge < -0.3 is 5.32 Å². The van der Waals surface area contributed by atoms with Crippen molar-refractivity contribution in [3.05, 3.63) is 40.6 Å². The van der Waals surface area contributed by atoms with Crippen LogP contribution in [0.25, 0.3) is 10.9 Å². The molecule has 0 aliphatic heterocycles. The Bertz CT molecular complexity index is 647. The third-order valence-corrected chi connectivity index (χ3v) is 3.62. The van der Waals surface area contributed by atoms with E-state index in [1.165, 1.54) is 6.07 Å². The van der Waals surface area contributed by atoms with E-state index >= 15 is 0 Å². The lowest BCUT2D eigenvalue weighted by molar-refractivity contribution is -0.383. The third kappa shape index (κ3) is 2.71. The summed E-state index contributed by atoms with van der Waals surface area (Å²) >= 11 is 0. The van der Waals surface area contributed by atoms with Crippen molar-refractivity contribution in [2.24, 2.45) is 5.41 Å². The van der Waals surface area contributed by atoms with Crippen LogP contribution < -0.4 is 5.32 Å². The molecular weight excluding hydrogens is 254 g/mol. The van der Waals surface area contributed by atoms with E-state index < -0.39 is 4.92 Å². The van der Waals surface area contributed by atoms with E-state index in [9.17, 15) is 10.1 Å². The molecule has 0 radical (unpaired) electrons. The van der Waals surface area contributed by atoms with E-state index in [2.05, 4.69) is 38.0 Å². The molecule has 20 heavy (non-hydrogen) atoms. The van der Waals surface area contributed by atoms with Gasteiger partial charge in [0, 0.05) is 29.4 Å². The number of non-ortho nitro benzene ring substituents is 1. The fourth-order valence-electron chi connectivity index (χ4n) is 1.88. The second kappa shape index (κ2) is 5.07. The van der Waals surface area contributed by atoms with Gasteiger partial charge in [-0.15, -0.1) is 0 Å². The number of rotatable bonds is 3. The zero-order valence-corrected chi connectivity index (χ0v) is 12.2. The van der Waals surface area contributed by atoms with Gasteiger partial charge in [-0.05, 0) is 18.4 Å². The number of hydrogen-bond acceptors (Lipinski definition) is 4. The Hall–Kier alpha value is -2.17. The molecule has 0 fully saturated rings. The van der Waals surface area contributed by atoms with Crippen molar-refractivity contribution in [3.63, 3.8) is 0 Å². The molecule has 0 aliphatic rings. The van der Waals surface area contributed by atoms with Crippen molar-refractivity contribution in [3.8, 4) is 0 Å². The van der Waals surface area contributed by atoms with Gasteiger partial charge in [-0.3, -0.25) is 10.1 Å². The number of benzene rings is 1. The number of nitro groups is 1. The lowest BCUT2D eigenvalue weighted by Crippen LogP contribution is -2.30. The van der Waals surface area contributed by atoms with Crippen molar-refractivity contribution in [2.45, 2.75) is 33.7 Å². The highest BCUT2D eigenvalue weighted by Gasteiger charge is 2.21. The molecule has 2 rings (SSSR count). The maximum atomic E-state index is 11.1. The first-order valence-corrected chi connectivity index (χ1v) is 6.59. The maximum Gasteiger partial charge on any atom is 0.295 e. The van der Waals surface area contributed by atoms with E-state index in [0.717, 1.165) is 11.1 Å². The van der Waals surface area contributed by atoms with E-state index in [-0.39, 0.29) is 17.1 Å². The second-order valence-electron chi connectivity index (χ2n) is 6.02. The van der Waals surface area contributed by atoms with Crippen molar-refractivity contribution in [1.29, 1.82) is 0 Å². The maximum absolute atomic E-state index is 11.1. The summed E-state index contributed by atoms with van der Waals surface area (Å²) in [6, 6.07) is 7.11. The fourth-order valence-corrected chi connectivity index (χ4v) is 1.88. The Morgan fingerprint density at radius 2 is 2.00 bits per heavy atom. The number of para-hydroxylation sites is 1. The summed E-state index contributed by atoms with van der Waals surface area (Å²) in [7, 11) is 0. The molecule has 1 aromatic carbocycles. The molecule has 5 heteroatoms. The molecule has 2 aromatic rings. The lowest BCUT2D eigenvalue weighted by Gasteiger charge is -2.29. The van der Waals surface area contributed by atoms with Crippen LogP contribution in [-0.4, -0.2) is 15.9 Å². The Kier molecular flexibility index (Phi) is 3.61. The highest BCUT2D eigenvalue weighted by Crippen LogP contribution is 2.31. The highest BCUT2D eigenvalue weighted by atomic mass is 16.6. The first-order chi connectivity index (χ1) is 9.30. The predicted octanol–water partition coefficient (Wildman–Crippen LogP) is 3.99. The fraction of sp³-hybridized carbons (Fsp3) is 0.400. The predicted molar refractivity (Wildman–Crippen MR) is 80.9 cm³/mol. The number of hydrogen-bond donors (Lipinski definition) is 1. The van der Waals surface area contributed by atoms with Gasteiger partial charge in [0.2, 0.25) is 0 Å². The number of anilines is 1. The average Bonchev–Trinajstić information content (AvgIpc) is 2.37. The van der Waals surface area contributed by atoms with E-state index in [0.29, 0.717) is 5.52 Å². The van der Waals surface area contributed by atoms with Gasteiger partial charge in [-0.1, -0.05) is 32.9 Å². The smallest absolute Gasteiger partial charge is 0.295 e. The molecule has 0 aliphatic carbocycles. The van der Waals surface area contributed by atoms with Gasteiger partial charge in [-0.25, -0.2) is 4.98 Å². The standard InChI is InChI=1S/C15H19N3O2/c1-10(15(2,3)4)17-12-8-9-16-14-11(12)6-5-7-13(14)18(19)20/h5-10H,1-4H3,(H,16,17). The van der Waals surface area contributed by atoms with Crippen LogP contribution >= 0.6 is 0 Å². The third-order valence-electron chi connectivity index (χ3n) is 3.62. The minimum absolute atomic E-state index is 0.0366. The number of fused-ring (bicyclic) bond motifs is 1. The van der Waals surface area contributed by atoms with Crippen LogP contribution in [0, 0.1) is 15.5 Å². The number of nitrogens with one attached hydrogen (secondary N) is 1. The van der Waals surface area contributed by atoms with Crippen LogP contribution in [0.2, 0.25) is 0 Å². The van der Waals surface area contributed by atoms with E-state index in [1.54, 1.807) is 12.3 Å². The molecule has 0 bridgehead atoms. The Morgan fingerprint density at radius 1 is 1.30 bits per heavy atom. The van der Waals surface area contributed by atoms with Gasteiger partial charge in [0.25, 0.3) is 5.69 Å². The van der Waals surface area contributed by atoms with Gasteiger partial charge in [0.15, 0.2) is 0 Å². The van der Waals surface area contributed by atoms with E-state index in [4.69, 9.17) is 0 Å². The van der Waals surface area contributed by atoms with Crippen LogP contribution in [0.1, 0.15) is 27.7 Å². The summed E-state index contributed by atoms with van der Waals surface area (Å²) in [6.45, 7) is 8.55. The molecule has 0 spiro atoms. The molecule has 106 valence electrons. The largest absolute Gasteiger partial charge is 0.381 e. The zero-order valence-electron chi connectivity index (χ0n) is 12.2. The molecule has 1 N–H and O–H groups in total. The zero-order chi connectivity index (χ0) is 14.9. The second-order valence-corrected chi connectivity index (χ2v) is 6.02. The summed E-state index contributed by atoms with van der Waals surface area (Å²) in [5, 5.41) is 15.3. The quantitative estimate of drug-likeness (QED) is 0.678. The SMILES string of the molecule is CC(Nc1ccnc2c([N+](=O)[O-])cccc12)C(C)(C)C. The van der Waals surface area contributed by atoms with Crippen LogP contribution in [-0.2, 0) is 0 Å². The minimum atomic E-state index is -0.397. The highest BCUT2D eigenvalue weighted by molar-refractivity contribution is 5.96. The molecule has 0 saturated carbocycles. The number of nitro benzene ring substituents is 1. The molecule has 5 nitrogen and oxygen atoms in total. The Morgan fingerprint density at radius 3 is 2.60 bits per heavy atom. The molecular formula is C15H19N3O2. The van der Waals surface area contributed by atoms with Gasteiger partial charge in [0.1, 0.15) is 5.52 Å². The monoisotopic (exact) mass is 273 g/mol. The van der Waals surface area contributed by atoms with Crippen LogP contribution in [0.3, 0.4) is 0 Å². The van der Waals surface area contributed by atoms with Crippen molar-refractivity contribution < 1.29 is 4.92 Å². The van der Waals surface area contributed by atoms with Gasteiger partial charge in [-0.2, -0.15) is 0 Å². The first-order valence-electron chi connectivity index (χ1n) is 6.59. The summed E-state index contributed by atoms with van der Waals surface area (Å²) in [6.07, 6.45) is 1.60. The number of pyridine rings is 1. The molecule has 0 saturated heterocycles. The summed E-state index contributed by atoms with van der Waals surface area (Å²) in [4.78, 5) is 14.8. The summed E-state index contributed by atoms with van der Waals surface area (Å²) < 4.78 is 0. The normalized spacial score (nSPS) is 13.2. The lowest BCUT2D eigenvalue weighted by atomic mass is 9.88.